The second kappa shape index (κ2) is 6.72. The molecule has 0 heterocycles. The van der Waals surface area contributed by atoms with Crippen molar-refractivity contribution in [1.29, 1.82) is 0 Å². The van der Waals surface area contributed by atoms with Crippen LogP contribution in [-0.4, -0.2) is 17.8 Å². The van der Waals surface area contributed by atoms with Crippen molar-refractivity contribution in [2.45, 2.75) is 46.1 Å². The molecule has 0 bridgehead atoms. The maximum absolute atomic E-state index is 11.6. The highest BCUT2D eigenvalue weighted by atomic mass is 16.7. The Bertz CT molecular complexity index is 513. The molecule has 0 aliphatic carbocycles. The molecule has 5 nitrogen and oxygen atoms in total. The predicted octanol–water partition coefficient (Wildman–Crippen LogP) is 2.13. The number of carbonyl (C=O) groups is 1. The Labute approximate surface area is 126 Å². The van der Waals surface area contributed by atoms with Crippen LogP contribution in [0.1, 0.15) is 45.7 Å². The summed E-state index contributed by atoms with van der Waals surface area (Å²) in [5, 5.41) is 3.65. The summed E-state index contributed by atoms with van der Waals surface area (Å²) in [5.74, 6) is -0.445. The topological polar surface area (TPSA) is 90.7 Å². The first-order valence-electron chi connectivity index (χ1n) is 7.03. The average molecular weight is 291 g/mol. The molecule has 0 radical (unpaired) electrons. The minimum Gasteiger partial charge on any atom is -0.380 e. The Morgan fingerprint density at radius 1 is 1.19 bits per heavy atom. The number of hydrogen-bond acceptors (Lipinski definition) is 4. The lowest BCUT2D eigenvalue weighted by molar-refractivity contribution is -0.146. The van der Waals surface area contributed by atoms with Gasteiger partial charge in [-0.05, 0) is 16.9 Å². The number of nitrogens with two attached hydrogens (primary N) is 2. The van der Waals surface area contributed by atoms with Gasteiger partial charge in [-0.15, -0.1) is 0 Å². The number of amidine groups is 1. The van der Waals surface area contributed by atoms with Crippen molar-refractivity contribution in [3.8, 4) is 0 Å². The highest BCUT2D eigenvalue weighted by Crippen LogP contribution is 2.22. The van der Waals surface area contributed by atoms with E-state index in [4.69, 9.17) is 16.3 Å². The number of oxime groups is 1. The highest BCUT2D eigenvalue weighted by Gasteiger charge is 2.19. The average Bonchev–Trinajstić information content (AvgIpc) is 2.42. The summed E-state index contributed by atoms with van der Waals surface area (Å²) in [5.41, 5.74) is 13.4. The fourth-order valence-corrected chi connectivity index (χ4v) is 1.62. The molecule has 1 rings (SSSR count). The Hall–Kier alpha value is -1.88. The van der Waals surface area contributed by atoms with Crippen LogP contribution >= 0.6 is 0 Å². The maximum Gasteiger partial charge on any atom is 0.351 e. The molecule has 0 spiro atoms. The largest absolute Gasteiger partial charge is 0.380 e. The van der Waals surface area contributed by atoms with Crippen molar-refractivity contribution in [3.63, 3.8) is 0 Å². The maximum atomic E-state index is 11.6. The van der Waals surface area contributed by atoms with Crippen molar-refractivity contribution >= 4 is 11.8 Å². The van der Waals surface area contributed by atoms with Crippen LogP contribution in [0.15, 0.2) is 29.4 Å². The zero-order chi connectivity index (χ0) is 16.2. The summed E-state index contributed by atoms with van der Waals surface area (Å²) < 4.78 is 0. The van der Waals surface area contributed by atoms with Crippen LogP contribution in [0.4, 0.5) is 0 Å². The molecule has 0 saturated carbocycles. The molecule has 0 aromatic heterocycles. The Morgan fingerprint density at radius 3 is 2.14 bits per heavy atom. The van der Waals surface area contributed by atoms with Gasteiger partial charge in [0.25, 0.3) is 0 Å². The number of carbonyl (C=O) groups excluding carboxylic acids is 1. The van der Waals surface area contributed by atoms with E-state index in [0.717, 1.165) is 0 Å². The predicted molar refractivity (Wildman–Crippen MR) is 84.8 cm³/mol. The molecule has 0 unspecified atom stereocenters. The summed E-state index contributed by atoms with van der Waals surface area (Å²) >= 11 is 0. The fourth-order valence-electron chi connectivity index (χ4n) is 1.62. The molecular weight excluding hydrogens is 266 g/mol. The van der Waals surface area contributed by atoms with Crippen LogP contribution < -0.4 is 11.5 Å². The molecule has 4 N–H and O–H groups in total. The first-order valence-corrected chi connectivity index (χ1v) is 7.03. The summed E-state index contributed by atoms with van der Waals surface area (Å²) in [6.07, 6.45) is 0. The lowest BCUT2D eigenvalue weighted by atomic mass is 9.87. The van der Waals surface area contributed by atoms with Crippen molar-refractivity contribution in [1.82, 2.24) is 0 Å². The van der Waals surface area contributed by atoms with Gasteiger partial charge in [0.2, 0.25) is 0 Å². The zero-order valence-corrected chi connectivity index (χ0v) is 13.4. The van der Waals surface area contributed by atoms with Gasteiger partial charge in [0.15, 0.2) is 5.84 Å². The lowest BCUT2D eigenvalue weighted by Crippen LogP contribution is -2.36. The number of nitrogens with zero attached hydrogens (tertiary/aromatic N) is 1. The molecule has 0 aliphatic rings. The van der Waals surface area contributed by atoms with Crippen LogP contribution in [0, 0.1) is 5.92 Å². The smallest absolute Gasteiger partial charge is 0.351 e. The minimum absolute atomic E-state index is 0.0139. The third-order valence-electron chi connectivity index (χ3n) is 3.27. The molecule has 0 amide bonds. The SMILES string of the molecule is CC(C)[C@H](N)C(=O)O/N=C(\N)c1ccc(C(C)(C)C)cc1. The van der Waals surface area contributed by atoms with E-state index < -0.39 is 12.0 Å². The van der Waals surface area contributed by atoms with Gasteiger partial charge in [-0.2, -0.15) is 0 Å². The Morgan fingerprint density at radius 2 is 1.71 bits per heavy atom. The Balaban J connectivity index is 2.77. The Kier molecular flexibility index (Phi) is 5.49. The third-order valence-corrected chi connectivity index (χ3v) is 3.27. The van der Waals surface area contributed by atoms with Gasteiger partial charge in [0.1, 0.15) is 6.04 Å². The van der Waals surface area contributed by atoms with Crippen LogP contribution in [0.3, 0.4) is 0 Å². The van der Waals surface area contributed by atoms with Gasteiger partial charge in [-0.1, -0.05) is 64.0 Å². The van der Waals surface area contributed by atoms with Gasteiger partial charge in [0.05, 0.1) is 0 Å². The number of hydrogen-bond donors (Lipinski definition) is 2. The first-order chi connectivity index (χ1) is 9.62. The molecule has 116 valence electrons. The molecule has 1 aromatic carbocycles. The van der Waals surface area contributed by atoms with Crippen LogP contribution in [0.2, 0.25) is 0 Å². The van der Waals surface area contributed by atoms with E-state index in [9.17, 15) is 4.79 Å². The molecule has 21 heavy (non-hydrogen) atoms. The number of rotatable bonds is 4. The van der Waals surface area contributed by atoms with Gasteiger partial charge in [-0.25, -0.2) is 4.79 Å². The van der Waals surface area contributed by atoms with Crippen molar-refractivity contribution < 1.29 is 9.63 Å². The van der Waals surface area contributed by atoms with E-state index in [0.29, 0.717) is 5.56 Å². The summed E-state index contributed by atoms with van der Waals surface area (Å²) in [4.78, 5) is 16.4. The van der Waals surface area contributed by atoms with Gasteiger partial charge in [-0.3, -0.25) is 0 Å². The molecule has 0 aliphatic heterocycles. The van der Waals surface area contributed by atoms with Crippen LogP contribution in [-0.2, 0) is 15.0 Å². The minimum atomic E-state index is -0.704. The van der Waals surface area contributed by atoms with E-state index in [2.05, 4.69) is 25.9 Å². The summed E-state index contributed by atoms with van der Waals surface area (Å²) in [7, 11) is 0. The third kappa shape index (κ3) is 4.86. The van der Waals surface area contributed by atoms with E-state index in [1.165, 1.54) is 5.56 Å². The highest BCUT2D eigenvalue weighted by molar-refractivity contribution is 5.97. The quantitative estimate of drug-likeness (QED) is 0.385. The standard InChI is InChI=1S/C16H25N3O2/c1-10(2)13(17)15(20)21-19-14(18)11-6-8-12(9-7-11)16(3,4)5/h6-10,13H,17H2,1-5H3,(H2,18,19)/t13-/m0/s1. The molecule has 1 atom stereocenters. The van der Waals surface area contributed by atoms with E-state index in [1.807, 2.05) is 38.1 Å². The van der Waals surface area contributed by atoms with Gasteiger partial charge in [0, 0.05) is 5.56 Å². The summed E-state index contributed by atoms with van der Waals surface area (Å²) in [6.45, 7) is 10.1. The van der Waals surface area contributed by atoms with Crippen molar-refractivity contribution in [2.24, 2.45) is 22.5 Å². The summed E-state index contributed by atoms with van der Waals surface area (Å²) in [6, 6.07) is 6.98. The van der Waals surface area contributed by atoms with E-state index in [1.54, 1.807) is 0 Å². The zero-order valence-electron chi connectivity index (χ0n) is 13.4. The molecule has 0 saturated heterocycles. The fraction of sp³-hybridized carbons (Fsp3) is 0.500. The molecule has 5 heteroatoms. The van der Waals surface area contributed by atoms with E-state index >= 15 is 0 Å². The van der Waals surface area contributed by atoms with Crippen molar-refractivity contribution in [2.75, 3.05) is 0 Å². The van der Waals surface area contributed by atoms with Crippen molar-refractivity contribution in [3.05, 3.63) is 35.4 Å². The second-order valence-corrected chi connectivity index (χ2v) is 6.48. The lowest BCUT2D eigenvalue weighted by Gasteiger charge is -2.19. The van der Waals surface area contributed by atoms with Gasteiger partial charge >= 0.3 is 5.97 Å². The van der Waals surface area contributed by atoms with Crippen LogP contribution in [0.25, 0.3) is 0 Å². The van der Waals surface area contributed by atoms with Gasteiger partial charge < -0.3 is 16.3 Å². The number of benzene rings is 1. The van der Waals surface area contributed by atoms with Crippen LogP contribution in [0.5, 0.6) is 0 Å². The molecular formula is C16H25N3O2. The monoisotopic (exact) mass is 291 g/mol. The van der Waals surface area contributed by atoms with E-state index in [-0.39, 0.29) is 17.2 Å². The second-order valence-electron chi connectivity index (χ2n) is 6.48. The first kappa shape index (κ1) is 17.2. The normalized spacial score (nSPS) is 14.1. The molecule has 1 aromatic rings. The molecule has 0 fully saturated rings.